The Kier molecular flexibility index (Phi) is 2.57. The first-order chi connectivity index (χ1) is 4.83. The van der Waals surface area contributed by atoms with Gasteiger partial charge in [-0.2, -0.15) is 0 Å². The minimum absolute atomic E-state index is 0.317. The Labute approximate surface area is 66.7 Å². The Morgan fingerprint density at radius 3 is 2.90 bits per heavy atom. The summed E-state index contributed by atoms with van der Waals surface area (Å²) in [5, 5.41) is 0. The van der Waals surface area contributed by atoms with Crippen molar-refractivity contribution in [1.82, 2.24) is 4.98 Å². The van der Waals surface area contributed by atoms with Crippen LogP contribution >= 0.6 is 15.9 Å². The molecule has 0 amide bonds. The van der Waals surface area contributed by atoms with Gasteiger partial charge in [-0.15, -0.1) is 0 Å². The molecule has 0 bridgehead atoms. The number of hydrogen-bond acceptors (Lipinski definition) is 1. The van der Waals surface area contributed by atoms with Crippen molar-refractivity contribution in [3.63, 3.8) is 0 Å². The van der Waals surface area contributed by atoms with Crippen molar-refractivity contribution in [2.45, 2.75) is 0 Å². The van der Waals surface area contributed by atoms with Crippen molar-refractivity contribution in [2.75, 3.05) is 0 Å². The Morgan fingerprint density at radius 1 is 1.50 bits per heavy atom. The van der Waals surface area contributed by atoms with Crippen LogP contribution in [0.25, 0.3) is 6.08 Å². The van der Waals surface area contributed by atoms with Gasteiger partial charge in [0, 0.05) is 6.20 Å². The quantitative estimate of drug-likeness (QED) is 0.681. The molecule has 0 aliphatic carbocycles. The number of pyridine rings is 1. The van der Waals surface area contributed by atoms with E-state index in [1.54, 1.807) is 17.3 Å². The molecule has 1 nitrogen and oxygen atoms in total. The summed E-state index contributed by atoms with van der Waals surface area (Å²) < 4.78 is 12.4. The highest BCUT2D eigenvalue weighted by Gasteiger charge is 1.89. The van der Waals surface area contributed by atoms with Crippen LogP contribution in [0.4, 0.5) is 4.39 Å². The average Bonchev–Trinajstić information content (AvgIpc) is 1.88. The maximum Gasteiger partial charge on any atom is 0.142 e. The lowest BCUT2D eigenvalue weighted by molar-refractivity contribution is 0.621. The summed E-state index contributed by atoms with van der Waals surface area (Å²) in [7, 11) is 0. The Bertz CT molecular complexity index is 247. The molecule has 1 rings (SSSR count). The Hall–Kier alpha value is -0.700. The van der Waals surface area contributed by atoms with Crippen LogP contribution in [0.3, 0.4) is 0 Å². The highest BCUT2D eigenvalue weighted by Crippen LogP contribution is 2.03. The molecule has 52 valence electrons. The molecule has 0 unspecified atom stereocenters. The lowest BCUT2D eigenvalue weighted by Crippen LogP contribution is -1.78. The smallest absolute Gasteiger partial charge is 0.142 e. The van der Waals surface area contributed by atoms with E-state index in [0.717, 1.165) is 5.56 Å². The molecular formula is C7H5BrFN. The van der Waals surface area contributed by atoms with E-state index in [1.165, 1.54) is 12.3 Å². The van der Waals surface area contributed by atoms with Gasteiger partial charge in [0.05, 0.1) is 6.20 Å². The summed E-state index contributed by atoms with van der Waals surface area (Å²) in [6.07, 6.45) is 4.47. The van der Waals surface area contributed by atoms with Gasteiger partial charge in [0.15, 0.2) is 0 Å². The van der Waals surface area contributed by atoms with Gasteiger partial charge in [0.1, 0.15) is 5.82 Å². The van der Waals surface area contributed by atoms with Gasteiger partial charge in [-0.1, -0.05) is 15.9 Å². The molecule has 0 radical (unpaired) electrons. The molecule has 0 aromatic carbocycles. The highest BCUT2D eigenvalue weighted by atomic mass is 79.9. The van der Waals surface area contributed by atoms with Crippen LogP contribution in [-0.2, 0) is 0 Å². The van der Waals surface area contributed by atoms with Crippen molar-refractivity contribution in [1.29, 1.82) is 0 Å². The monoisotopic (exact) mass is 201 g/mol. The van der Waals surface area contributed by atoms with Crippen molar-refractivity contribution in [2.24, 2.45) is 0 Å². The largest absolute Gasteiger partial charge is 0.261 e. The van der Waals surface area contributed by atoms with Gasteiger partial charge in [-0.05, 0) is 22.7 Å². The SMILES string of the molecule is Fc1cncc(/C=C/Br)c1. The third-order valence-electron chi connectivity index (χ3n) is 0.981. The fourth-order valence-corrected chi connectivity index (χ4v) is 0.897. The summed E-state index contributed by atoms with van der Waals surface area (Å²) in [5.41, 5.74) is 0.747. The average molecular weight is 202 g/mol. The Balaban J connectivity index is 2.95. The van der Waals surface area contributed by atoms with Gasteiger partial charge < -0.3 is 0 Å². The van der Waals surface area contributed by atoms with E-state index in [1.807, 2.05) is 0 Å². The molecule has 10 heavy (non-hydrogen) atoms. The van der Waals surface area contributed by atoms with Crippen LogP contribution in [0, 0.1) is 5.82 Å². The number of halogens is 2. The van der Waals surface area contributed by atoms with E-state index in [2.05, 4.69) is 20.9 Å². The molecule has 0 N–H and O–H groups in total. The van der Waals surface area contributed by atoms with Crippen molar-refractivity contribution in [3.05, 3.63) is 34.8 Å². The topological polar surface area (TPSA) is 12.9 Å². The minimum atomic E-state index is -0.317. The van der Waals surface area contributed by atoms with Gasteiger partial charge in [0.25, 0.3) is 0 Å². The first-order valence-electron chi connectivity index (χ1n) is 2.70. The normalized spacial score (nSPS) is 10.6. The fourth-order valence-electron chi connectivity index (χ4n) is 0.592. The van der Waals surface area contributed by atoms with E-state index in [9.17, 15) is 4.39 Å². The number of hydrogen-bond donors (Lipinski definition) is 0. The molecule has 1 heterocycles. The highest BCUT2D eigenvalue weighted by molar-refractivity contribution is 9.11. The van der Waals surface area contributed by atoms with E-state index in [0.29, 0.717) is 0 Å². The van der Waals surface area contributed by atoms with E-state index in [-0.39, 0.29) is 5.82 Å². The molecule has 0 saturated heterocycles. The molecule has 0 aliphatic rings. The summed E-state index contributed by atoms with van der Waals surface area (Å²) in [4.78, 5) is 5.31. The number of nitrogens with zero attached hydrogens (tertiary/aromatic N) is 1. The second-order valence-corrected chi connectivity index (χ2v) is 2.26. The summed E-state index contributed by atoms with van der Waals surface area (Å²) in [6, 6.07) is 1.41. The van der Waals surface area contributed by atoms with Crippen molar-refractivity contribution >= 4 is 22.0 Å². The number of aromatic nitrogens is 1. The molecule has 1 aromatic rings. The maximum absolute atomic E-state index is 12.4. The van der Waals surface area contributed by atoms with Gasteiger partial charge >= 0.3 is 0 Å². The molecule has 1 aromatic heterocycles. The Morgan fingerprint density at radius 2 is 2.30 bits per heavy atom. The zero-order valence-electron chi connectivity index (χ0n) is 5.09. The second kappa shape index (κ2) is 3.46. The summed E-state index contributed by atoms with van der Waals surface area (Å²) >= 11 is 3.08. The maximum atomic E-state index is 12.4. The molecule has 0 aliphatic heterocycles. The standard InChI is InChI=1S/C7H5BrFN/c8-2-1-6-3-7(9)5-10-4-6/h1-5H/b2-1+. The van der Waals surface area contributed by atoms with Crippen LogP contribution in [0.2, 0.25) is 0 Å². The van der Waals surface area contributed by atoms with Crippen LogP contribution in [0.5, 0.6) is 0 Å². The lowest BCUT2D eigenvalue weighted by Gasteiger charge is -1.89. The fraction of sp³-hybridized carbons (Fsp3) is 0. The zero-order valence-corrected chi connectivity index (χ0v) is 6.68. The van der Waals surface area contributed by atoms with Crippen molar-refractivity contribution < 1.29 is 4.39 Å². The molecule has 0 atom stereocenters. The van der Waals surface area contributed by atoms with Crippen LogP contribution in [-0.4, -0.2) is 4.98 Å². The van der Waals surface area contributed by atoms with E-state index < -0.39 is 0 Å². The zero-order chi connectivity index (χ0) is 7.40. The second-order valence-electron chi connectivity index (χ2n) is 1.73. The predicted octanol–water partition coefficient (Wildman–Crippen LogP) is 2.59. The summed E-state index contributed by atoms with van der Waals surface area (Å²) in [5.74, 6) is -0.317. The summed E-state index contributed by atoms with van der Waals surface area (Å²) in [6.45, 7) is 0. The third-order valence-corrected chi connectivity index (χ3v) is 1.25. The van der Waals surface area contributed by atoms with Crippen LogP contribution in [0.15, 0.2) is 23.4 Å². The molecule has 0 spiro atoms. The minimum Gasteiger partial charge on any atom is -0.261 e. The van der Waals surface area contributed by atoms with E-state index in [4.69, 9.17) is 0 Å². The van der Waals surface area contributed by atoms with E-state index >= 15 is 0 Å². The molecular weight excluding hydrogens is 197 g/mol. The first-order valence-corrected chi connectivity index (χ1v) is 3.62. The molecule has 0 fully saturated rings. The van der Waals surface area contributed by atoms with Gasteiger partial charge in [-0.3, -0.25) is 4.98 Å². The van der Waals surface area contributed by atoms with Crippen LogP contribution < -0.4 is 0 Å². The third kappa shape index (κ3) is 1.92. The first kappa shape index (κ1) is 7.41. The van der Waals surface area contributed by atoms with Crippen molar-refractivity contribution in [3.8, 4) is 0 Å². The van der Waals surface area contributed by atoms with Crippen LogP contribution in [0.1, 0.15) is 5.56 Å². The predicted molar refractivity (Wildman–Crippen MR) is 42.2 cm³/mol. The lowest BCUT2D eigenvalue weighted by atomic mass is 10.3. The molecule has 3 heteroatoms. The van der Waals surface area contributed by atoms with Gasteiger partial charge in [-0.25, -0.2) is 4.39 Å². The number of rotatable bonds is 1. The van der Waals surface area contributed by atoms with Gasteiger partial charge in [0.2, 0.25) is 0 Å². The molecule has 0 saturated carbocycles.